The van der Waals surface area contributed by atoms with E-state index in [0.29, 0.717) is 18.5 Å². The number of aromatic carboxylic acids is 1. The summed E-state index contributed by atoms with van der Waals surface area (Å²) >= 11 is 0. The smallest absolute Gasteiger partial charge is 0.341 e. The molecule has 0 bridgehead atoms. The minimum atomic E-state index is -1.21. The molecule has 0 unspecified atom stereocenters. The Balaban J connectivity index is 2.49. The number of fused-ring (bicyclic) bond motifs is 1. The Hall–Kier alpha value is -2.14. The van der Waals surface area contributed by atoms with Gasteiger partial charge in [0, 0.05) is 18.1 Å². The molecular weight excluding hydrogens is 258 g/mol. The molecule has 0 radical (unpaired) electrons. The molecule has 0 atom stereocenters. The first-order valence-electron chi connectivity index (χ1n) is 6.47. The van der Waals surface area contributed by atoms with Gasteiger partial charge in [0.1, 0.15) is 5.56 Å². The number of aromatic nitrogens is 1. The number of carboxylic acid groups (broad SMARTS) is 1. The second-order valence-corrected chi connectivity index (χ2v) is 4.81. The predicted molar refractivity (Wildman–Crippen MR) is 76.3 cm³/mol. The second-order valence-electron chi connectivity index (χ2n) is 4.81. The van der Waals surface area contributed by atoms with E-state index >= 15 is 0 Å². The van der Waals surface area contributed by atoms with Crippen LogP contribution in [0.25, 0.3) is 10.9 Å². The molecule has 0 fully saturated rings. The monoisotopic (exact) mass is 275 g/mol. The fourth-order valence-electron chi connectivity index (χ4n) is 2.07. The van der Waals surface area contributed by atoms with Crippen LogP contribution in [0.5, 0.6) is 0 Å². The second kappa shape index (κ2) is 5.88. The molecule has 0 aliphatic heterocycles. The number of ether oxygens (including phenoxy) is 1. The third kappa shape index (κ3) is 2.88. The van der Waals surface area contributed by atoms with Gasteiger partial charge in [0.05, 0.1) is 18.2 Å². The number of carbonyl (C=O) groups is 1. The lowest BCUT2D eigenvalue weighted by molar-refractivity contribution is 0.0685. The van der Waals surface area contributed by atoms with Crippen molar-refractivity contribution in [1.29, 1.82) is 0 Å². The lowest BCUT2D eigenvalue weighted by atomic mass is 10.1. The van der Waals surface area contributed by atoms with Gasteiger partial charge >= 0.3 is 5.97 Å². The number of rotatable bonds is 5. The fraction of sp³-hybridized carbons (Fsp3) is 0.333. The first-order valence-corrected chi connectivity index (χ1v) is 6.47. The number of hydrogen-bond acceptors (Lipinski definition) is 3. The highest BCUT2D eigenvalue weighted by Crippen LogP contribution is 2.12. The highest BCUT2D eigenvalue weighted by molar-refractivity contribution is 5.92. The molecule has 0 saturated carbocycles. The van der Waals surface area contributed by atoms with Crippen LogP contribution >= 0.6 is 0 Å². The van der Waals surface area contributed by atoms with Gasteiger partial charge in [0.25, 0.3) is 0 Å². The molecule has 5 heteroatoms. The summed E-state index contributed by atoms with van der Waals surface area (Å²) in [4.78, 5) is 23.2. The topological polar surface area (TPSA) is 68.5 Å². The van der Waals surface area contributed by atoms with Gasteiger partial charge in [0.15, 0.2) is 0 Å². The van der Waals surface area contributed by atoms with E-state index in [1.54, 1.807) is 22.8 Å². The molecule has 5 nitrogen and oxygen atoms in total. The zero-order valence-electron chi connectivity index (χ0n) is 11.5. The molecule has 2 aromatic rings. The van der Waals surface area contributed by atoms with Crippen molar-refractivity contribution in [3.05, 3.63) is 46.2 Å². The quantitative estimate of drug-likeness (QED) is 0.907. The van der Waals surface area contributed by atoms with Crippen molar-refractivity contribution in [2.45, 2.75) is 26.5 Å². The highest BCUT2D eigenvalue weighted by Gasteiger charge is 2.13. The molecule has 0 saturated heterocycles. The Labute approximate surface area is 116 Å². The van der Waals surface area contributed by atoms with Crippen LogP contribution < -0.4 is 5.43 Å². The summed E-state index contributed by atoms with van der Waals surface area (Å²) in [5.41, 5.74) is 0.0530. The molecule has 0 amide bonds. The Morgan fingerprint density at radius 1 is 1.35 bits per heavy atom. The van der Waals surface area contributed by atoms with Crippen molar-refractivity contribution in [2.75, 3.05) is 6.61 Å². The van der Waals surface area contributed by atoms with Crippen LogP contribution in [0.4, 0.5) is 0 Å². The van der Waals surface area contributed by atoms with E-state index in [2.05, 4.69) is 0 Å². The number of carboxylic acids is 1. The standard InChI is InChI=1S/C15H17NO4/c1-10(2)20-8-7-16-9-12(15(18)19)14(17)11-5-3-4-6-13(11)16/h3-6,9-10H,7-8H2,1-2H3,(H,18,19). The summed E-state index contributed by atoms with van der Waals surface area (Å²) in [7, 11) is 0. The summed E-state index contributed by atoms with van der Waals surface area (Å²) in [5.74, 6) is -1.21. The van der Waals surface area contributed by atoms with E-state index in [4.69, 9.17) is 9.84 Å². The average Bonchev–Trinajstić information content (AvgIpc) is 2.41. The van der Waals surface area contributed by atoms with Crippen LogP contribution in [0.2, 0.25) is 0 Å². The first kappa shape index (κ1) is 14.3. The molecule has 0 aliphatic carbocycles. The summed E-state index contributed by atoms with van der Waals surface area (Å²) in [6.45, 7) is 4.83. The Morgan fingerprint density at radius 3 is 2.70 bits per heavy atom. The molecule has 1 heterocycles. The fourth-order valence-corrected chi connectivity index (χ4v) is 2.07. The SMILES string of the molecule is CC(C)OCCn1cc(C(=O)O)c(=O)c2ccccc21. The lowest BCUT2D eigenvalue weighted by Gasteiger charge is -2.13. The molecule has 20 heavy (non-hydrogen) atoms. The zero-order chi connectivity index (χ0) is 14.7. The van der Waals surface area contributed by atoms with Crippen LogP contribution in [0, 0.1) is 0 Å². The van der Waals surface area contributed by atoms with Gasteiger partial charge in [0.2, 0.25) is 5.43 Å². The minimum absolute atomic E-state index is 0.111. The maximum Gasteiger partial charge on any atom is 0.341 e. The van der Waals surface area contributed by atoms with Gasteiger partial charge in [-0.1, -0.05) is 12.1 Å². The minimum Gasteiger partial charge on any atom is -0.477 e. The van der Waals surface area contributed by atoms with Crippen molar-refractivity contribution in [3.63, 3.8) is 0 Å². The Kier molecular flexibility index (Phi) is 4.20. The van der Waals surface area contributed by atoms with E-state index in [-0.39, 0.29) is 11.7 Å². The summed E-state index contributed by atoms with van der Waals surface area (Å²) < 4.78 is 7.23. The van der Waals surface area contributed by atoms with Crippen LogP contribution in [0.1, 0.15) is 24.2 Å². The number of nitrogens with zero attached hydrogens (tertiary/aromatic N) is 1. The van der Waals surface area contributed by atoms with Crippen molar-refractivity contribution in [3.8, 4) is 0 Å². The molecule has 2 rings (SSSR count). The largest absolute Gasteiger partial charge is 0.477 e. The molecule has 0 aliphatic rings. The van der Waals surface area contributed by atoms with Crippen LogP contribution in [0.15, 0.2) is 35.3 Å². The van der Waals surface area contributed by atoms with Gasteiger partial charge in [-0.2, -0.15) is 0 Å². The van der Waals surface area contributed by atoms with E-state index in [1.165, 1.54) is 6.20 Å². The summed E-state index contributed by atoms with van der Waals surface area (Å²) in [6, 6.07) is 6.99. The third-order valence-corrected chi connectivity index (χ3v) is 3.00. The number of benzene rings is 1. The Bertz CT molecular complexity index is 688. The summed E-state index contributed by atoms with van der Waals surface area (Å²) in [6.07, 6.45) is 1.50. The number of para-hydroxylation sites is 1. The molecular formula is C15H17NO4. The summed E-state index contributed by atoms with van der Waals surface area (Å²) in [5, 5.41) is 9.53. The van der Waals surface area contributed by atoms with Gasteiger partial charge < -0.3 is 14.4 Å². The van der Waals surface area contributed by atoms with E-state index in [9.17, 15) is 9.59 Å². The van der Waals surface area contributed by atoms with Gasteiger partial charge in [-0.05, 0) is 26.0 Å². The molecule has 1 N–H and O–H groups in total. The first-order chi connectivity index (χ1) is 9.50. The lowest BCUT2D eigenvalue weighted by Crippen LogP contribution is -2.20. The Morgan fingerprint density at radius 2 is 2.05 bits per heavy atom. The van der Waals surface area contributed by atoms with E-state index in [0.717, 1.165) is 5.52 Å². The molecule has 106 valence electrons. The van der Waals surface area contributed by atoms with Gasteiger partial charge in [-0.15, -0.1) is 0 Å². The van der Waals surface area contributed by atoms with E-state index < -0.39 is 11.4 Å². The highest BCUT2D eigenvalue weighted by atomic mass is 16.5. The molecule has 1 aromatic heterocycles. The third-order valence-electron chi connectivity index (χ3n) is 3.00. The van der Waals surface area contributed by atoms with Crippen molar-refractivity contribution in [1.82, 2.24) is 4.57 Å². The van der Waals surface area contributed by atoms with Crippen molar-refractivity contribution >= 4 is 16.9 Å². The van der Waals surface area contributed by atoms with Gasteiger partial charge in [-0.3, -0.25) is 4.79 Å². The maximum atomic E-state index is 12.1. The molecule has 0 spiro atoms. The zero-order valence-corrected chi connectivity index (χ0v) is 11.5. The predicted octanol–water partition coefficient (Wildman–Crippen LogP) is 2.12. The number of hydrogen-bond donors (Lipinski definition) is 1. The van der Waals surface area contributed by atoms with Crippen LogP contribution in [-0.4, -0.2) is 28.4 Å². The van der Waals surface area contributed by atoms with E-state index in [1.807, 2.05) is 19.9 Å². The maximum absolute atomic E-state index is 12.1. The van der Waals surface area contributed by atoms with Crippen LogP contribution in [-0.2, 0) is 11.3 Å². The van der Waals surface area contributed by atoms with Crippen LogP contribution in [0.3, 0.4) is 0 Å². The average molecular weight is 275 g/mol. The molecule has 1 aromatic carbocycles. The van der Waals surface area contributed by atoms with Crippen molar-refractivity contribution in [2.24, 2.45) is 0 Å². The van der Waals surface area contributed by atoms with Gasteiger partial charge in [-0.25, -0.2) is 4.79 Å². The number of pyridine rings is 1. The normalized spacial score (nSPS) is 11.2. The van der Waals surface area contributed by atoms with Crippen molar-refractivity contribution < 1.29 is 14.6 Å².